The van der Waals surface area contributed by atoms with Crippen molar-refractivity contribution in [1.29, 1.82) is 0 Å². The zero-order valence-electron chi connectivity index (χ0n) is 16.1. The maximum Gasteiger partial charge on any atom is 0.187 e. The van der Waals surface area contributed by atoms with E-state index in [-0.39, 0.29) is 5.43 Å². The van der Waals surface area contributed by atoms with Crippen LogP contribution in [0.25, 0.3) is 11.4 Å². The lowest BCUT2D eigenvalue weighted by Gasteiger charge is -2.23. The molecule has 0 amide bonds. The van der Waals surface area contributed by atoms with Crippen molar-refractivity contribution in [2.24, 2.45) is 5.73 Å². The van der Waals surface area contributed by atoms with E-state index in [9.17, 15) is 4.79 Å². The zero-order chi connectivity index (χ0) is 20.1. The summed E-state index contributed by atoms with van der Waals surface area (Å²) in [5.74, 6) is 0.644. The molecule has 0 spiro atoms. The second-order valence-corrected chi connectivity index (χ2v) is 6.52. The Kier molecular flexibility index (Phi) is 5.65. The largest absolute Gasteiger partial charge is 0.403 e. The first-order valence-corrected chi connectivity index (χ1v) is 9.00. The lowest BCUT2D eigenvalue weighted by Crippen LogP contribution is -2.23. The van der Waals surface area contributed by atoms with Gasteiger partial charge in [-0.2, -0.15) is 0 Å². The highest BCUT2D eigenvalue weighted by Crippen LogP contribution is 2.26. The fourth-order valence-corrected chi connectivity index (χ4v) is 3.04. The summed E-state index contributed by atoms with van der Waals surface area (Å²) in [7, 11) is 0. The molecule has 1 aromatic heterocycles. The van der Waals surface area contributed by atoms with E-state index in [4.69, 9.17) is 5.73 Å². The number of nitrogens with zero attached hydrogens (tertiary/aromatic N) is 1. The number of nitrogens with two attached hydrogens (primary N) is 1. The third-order valence-electron chi connectivity index (χ3n) is 4.29. The van der Waals surface area contributed by atoms with Gasteiger partial charge in [-0.25, -0.2) is 0 Å². The number of nitrogens with one attached hydrogen (secondary N) is 2. The number of rotatable bonds is 6. The van der Waals surface area contributed by atoms with E-state index in [0.29, 0.717) is 22.8 Å². The number of para-hydroxylation sites is 2. The quantitative estimate of drug-likeness (QED) is 0.604. The molecule has 2 aromatic carbocycles. The van der Waals surface area contributed by atoms with E-state index in [2.05, 4.69) is 17.2 Å². The van der Waals surface area contributed by atoms with Crippen molar-refractivity contribution in [2.75, 3.05) is 5.32 Å². The molecule has 1 heterocycles. The Bertz CT molecular complexity index is 1070. The standard InChI is InChI=1S/C23H24N4O/c1-16(2)25-20(15-24)23-17(3)21(28)14-22(26-18-10-6-4-7-11-18)27(23)19-12-8-5-9-13-19/h4-15,25-26H,1,24H2,2-3H3/b20-15+. The van der Waals surface area contributed by atoms with Gasteiger partial charge in [0.25, 0.3) is 0 Å². The fourth-order valence-electron chi connectivity index (χ4n) is 3.04. The highest BCUT2D eigenvalue weighted by Gasteiger charge is 2.18. The lowest BCUT2D eigenvalue weighted by molar-refractivity contribution is 0.958. The van der Waals surface area contributed by atoms with Crippen LogP contribution in [0, 0.1) is 6.92 Å². The van der Waals surface area contributed by atoms with Crippen molar-refractivity contribution in [3.05, 3.63) is 107 Å². The molecule has 0 fully saturated rings. The number of allylic oxidation sites excluding steroid dienone is 1. The Morgan fingerprint density at radius 1 is 1.07 bits per heavy atom. The van der Waals surface area contributed by atoms with Gasteiger partial charge in [0.1, 0.15) is 5.82 Å². The summed E-state index contributed by atoms with van der Waals surface area (Å²) in [6.07, 6.45) is 1.46. The molecule has 0 aliphatic heterocycles. The maximum atomic E-state index is 12.8. The molecule has 4 N–H and O–H groups in total. The van der Waals surface area contributed by atoms with Crippen LogP contribution in [-0.4, -0.2) is 4.57 Å². The molecule has 0 unspecified atom stereocenters. The van der Waals surface area contributed by atoms with Gasteiger partial charge in [0, 0.05) is 34.9 Å². The van der Waals surface area contributed by atoms with Crippen molar-refractivity contribution < 1.29 is 0 Å². The Morgan fingerprint density at radius 2 is 1.68 bits per heavy atom. The molecule has 0 atom stereocenters. The fraction of sp³-hybridized carbons (Fsp3) is 0.0870. The smallest absolute Gasteiger partial charge is 0.187 e. The molecule has 3 rings (SSSR count). The summed E-state index contributed by atoms with van der Waals surface area (Å²) in [5.41, 5.74) is 10.2. The average molecular weight is 372 g/mol. The first-order valence-electron chi connectivity index (χ1n) is 9.00. The van der Waals surface area contributed by atoms with Gasteiger partial charge in [-0.05, 0) is 38.1 Å². The molecular weight excluding hydrogens is 348 g/mol. The Morgan fingerprint density at radius 3 is 2.25 bits per heavy atom. The van der Waals surface area contributed by atoms with Crippen molar-refractivity contribution in [2.45, 2.75) is 13.8 Å². The van der Waals surface area contributed by atoms with Gasteiger partial charge in [-0.15, -0.1) is 0 Å². The molecule has 0 radical (unpaired) electrons. The number of benzene rings is 2. The number of hydrogen-bond donors (Lipinski definition) is 3. The summed E-state index contributed by atoms with van der Waals surface area (Å²) in [4.78, 5) is 12.8. The van der Waals surface area contributed by atoms with Crippen LogP contribution in [-0.2, 0) is 0 Å². The average Bonchev–Trinajstić information content (AvgIpc) is 2.70. The third kappa shape index (κ3) is 3.99. The van der Waals surface area contributed by atoms with Crippen LogP contribution in [0.2, 0.25) is 0 Å². The van der Waals surface area contributed by atoms with Gasteiger partial charge in [-0.1, -0.05) is 43.0 Å². The first-order chi connectivity index (χ1) is 13.5. The van der Waals surface area contributed by atoms with Crippen LogP contribution < -0.4 is 21.8 Å². The topological polar surface area (TPSA) is 72.1 Å². The minimum atomic E-state index is -0.0801. The zero-order valence-corrected chi connectivity index (χ0v) is 16.1. The molecule has 28 heavy (non-hydrogen) atoms. The highest BCUT2D eigenvalue weighted by molar-refractivity contribution is 5.71. The van der Waals surface area contributed by atoms with Gasteiger partial charge >= 0.3 is 0 Å². The maximum absolute atomic E-state index is 12.8. The Labute approximate surface area is 164 Å². The van der Waals surface area contributed by atoms with E-state index < -0.39 is 0 Å². The molecule has 5 nitrogen and oxygen atoms in total. The van der Waals surface area contributed by atoms with Crippen LogP contribution in [0.15, 0.2) is 90.0 Å². The van der Waals surface area contributed by atoms with Crippen LogP contribution in [0.3, 0.4) is 0 Å². The van der Waals surface area contributed by atoms with Crippen molar-refractivity contribution >= 4 is 17.2 Å². The number of aromatic nitrogens is 1. The van der Waals surface area contributed by atoms with Crippen molar-refractivity contribution in [3.8, 4) is 5.69 Å². The number of pyridine rings is 1. The summed E-state index contributed by atoms with van der Waals surface area (Å²) < 4.78 is 1.98. The van der Waals surface area contributed by atoms with Crippen molar-refractivity contribution in [3.63, 3.8) is 0 Å². The van der Waals surface area contributed by atoms with E-state index in [1.807, 2.05) is 72.2 Å². The second kappa shape index (κ2) is 8.31. The molecule has 3 aromatic rings. The molecule has 0 bridgehead atoms. The van der Waals surface area contributed by atoms with Crippen LogP contribution in [0.1, 0.15) is 18.2 Å². The lowest BCUT2D eigenvalue weighted by atomic mass is 10.1. The molecular formula is C23H24N4O. The van der Waals surface area contributed by atoms with Crippen molar-refractivity contribution in [1.82, 2.24) is 9.88 Å². The van der Waals surface area contributed by atoms with Crippen LogP contribution in [0.4, 0.5) is 11.5 Å². The second-order valence-electron chi connectivity index (χ2n) is 6.52. The molecule has 0 saturated carbocycles. The van der Waals surface area contributed by atoms with E-state index in [1.54, 1.807) is 13.0 Å². The molecule has 0 aliphatic carbocycles. The van der Waals surface area contributed by atoms with Gasteiger partial charge in [0.15, 0.2) is 5.43 Å². The monoisotopic (exact) mass is 372 g/mol. The summed E-state index contributed by atoms with van der Waals surface area (Å²) in [6, 6.07) is 21.2. The molecule has 5 heteroatoms. The minimum absolute atomic E-state index is 0.0801. The van der Waals surface area contributed by atoms with E-state index >= 15 is 0 Å². The van der Waals surface area contributed by atoms with Gasteiger partial charge in [0.2, 0.25) is 0 Å². The highest BCUT2D eigenvalue weighted by atomic mass is 16.1. The first kappa shape index (κ1) is 19.0. The number of anilines is 2. The van der Waals surface area contributed by atoms with Gasteiger partial charge in [0.05, 0.1) is 11.4 Å². The molecule has 0 saturated heterocycles. The van der Waals surface area contributed by atoms with Gasteiger partial charge in [-0.3, -0.25) is 9.36 Å². The number of hydrogen-bond acceptors (Lipinski definition) is 4. The van der Waals surface area contributed by atoms with Gasteiger partial charge < -0.3 is 16.4 Å². The normalized spacial score (nSPS) is 11.1. The summed E-state index contributed by atoms with van der Waals surface area (Å²) in [5, 5.41) is 6.53. The predicted octanol–water partition coefficient (Wildman–Crippen LogP) is 4.27. The molecule has 0 aliphatic rings. The SMILES string of the molecule is C=C(C)N/C(=C/N)c1c(C)c(=O)cc(Nc2ccccc2)n1-c1ccccc1. The summed E-state index contributed by atoms with van der Waals surface area (Å²) >= 11 is 0. The van der Waals surface area contributed by atoms with E-state index in [1.165, 1.54) is 6.20 Å². The minimum Gasteiger partial charge on any atom is -0.403 e. The summed E-state index contributed by atoms with van der Waals surface area (Å²) in [6.45, 7) is 7.54. The third-order valence-corrected chi connectivity index (χ3v) is 4.29. The van der Waals surface area contributed by atoms with Crippen LogP contribution in [0.5, 0.6) is 0 Å². The predicted molar refractivity (Wildman–Crippen MR) is 117 cm³/mol. The molecule has 142 valence electrons. The van der Waals surface area contributed by atoms with Crippen LogP contribution >= 0.6 is 0 Å². The Balaban J connectivity index is 2.31. The van der Waals surface area contributed by atoms with E-state index in [0.717, 1.165) is 17.1 Å². The Hall–Kier alpha value is -3.73.